The molecule has 15 heavy (non-hydrogen) atoms. The van der Waals surface area contributed by atoms with Crippen molar-refractivity contribution < 1.29 is 4.79 Å². The van der Waals surface area contributed by atoms with Crippen molar-refractivity contribution in [3.63, 3.8) is 0 Å². The van der Waals surface area contributed by atoms with Crippen LogP contribution < -0.4 is 0 Å². The number of rotatable bonds is 4. The highest BCUT2D eigenvalue weighted by Crippen LogP contribution is 2.14. The highest BCUT2D eigenvalue weighted by molar-refractivity contribution is 6.81. The first kappa shape index (κ1) is 11.9. The highest BCUT2D eigenvalue weighted by Gasteiger charge is 2.18. The van der Waals surface area contributed by atoms with Crippen LogP contribution in [0.2, 0.25) is 13.1 Å². The standard InChI is InChI=1S/C13H18OSi/c1-12(9-14)10-15(2,3)11-13-7-5-4-6-8-13/h4-10H,11H2,1-3H3/b12-10+. The quantitative estimate of drug-likeness (QED) is 0.431. The second kappa shape index (κ2) is 5.08. The summed E-state index contributed by atoms with van der Waals surface area (Å²) in [5.41, 5.74) is 4.40. The van der Waals surface area contributed by atoms with E-state index in [0.29, 0.717) is 0 Å². The Balaban J connectivity index is 2.77. The minimum atomic E-state index is -1.42. The van der Waals surface area contributed by atoms with Crippen LogP contribution in [0, 0.1) is 0 Å². The van der Waals surface area contributed by atoms with E-state index < -0.39 is 8.07 Å². The summed E-state index contributed by atoms with van der Waals surface area (Å²) in [4.78, 5) is 10.6. The van der Waals surface area contributed by atoms with Gasteiger partial charge in [0.05, 0.1) is 8.07 Å². The second-order valence-electron chi connectivity index (χ2n) is 4.66. The summed E-state index contributed by atoms with van der Waals surface area (Å²) >= 11 is 0. The van der Waals surface area contributed by atoms with E-state index in [-0.39, 0.29) is 0 Å². The van der Waals surface area contributed by atoms with E-state index in [0.717, 1.165) is 17.9 Å². The van der Waals surface area contributed by atoms with Gasteiger partial charge in [-0.05, 0) is 18.5 Å². The molecule has 0 aliphatic carbocycles. The van der Waals surface area contributed by atoms with Crippen molar-refractivity contribution in [1.29, 1.82) is 0 Å². The van der Waals surface area contributed by atoms with Crippen LogP contribution in [-0.4, -0.2) is 14.4 Å². The molecule has 80 valence electrons. The fourth-order valence-electron chi connectivity index (χ4n) is 1.82. The summed E-state index contributed by atoms with van der Waals surface area (Å²) in [6, 6.07) is 11.6. The van der Waals surface area contributed by atoms with Crippen LogP contribution in [0.5, 0.6) is 0 Å². The summed E-state index contributed by atoms with van der Waals surface area (Å²) in [5, 5.41) is 0. The van der Waals surface area contributed by atoms with Crippen molar-refractivity contribution in [2.45, 2.75) is 26.1 Å². The zero-order valence-corrected chi connectivity index (χ0v) is 10.7. The molecule has 1 nitrogen and oxygen atoms in total. The molecule has 1 rings (SSSR count). The minimum absolute atomic E-state index is 0.864. The molecule has 0 aliphatic heterocycles. The summed E-state index contributed by atoms with van der Waals surface area (Å²) in [7, 11) is -1.42. The average molecular weight is 218 g/mol. The van der Waals surface area contributed by atoms with E-state index in [4.69, 9.17) is 0 Å². The Morgan fingerprint density at radius 2 is 1.87 bits per heavy atom. The van der Waals surface area contributed by atoms with Crippen molar-refractivity contribution in [3.8, 4) is 0 Å². The van der Waals surface area contributed by atoms with Crippen LogP contribution in [0.15, 0.2) is 41.6 Å². The fraction of sp³-hybridized carbons (Fsp3) is 0.308. The largest absolute Gasteiger partial charge is 0.298 e. The Hall–Kier alpha value is -1.15. The Morgan fingerprint density at radius 1 is 1.27 bits per heavy atom. The molecular formula is C13H18OSi. The van der Waals surface area contributed by atoms with Gasteiger partial charge in [0, 0.05) is 0 Å². The SMILES string of the molecule is C/C(C=O)=C\[Si](C)(C)Cc1ccccc1. The third-order valence-electron chi connectivity index (χ3n) is 2.31. The van der Waals surface area contributed by atoms with Gasteiger partial charge < -0.3 is 0 Å². The summed E-state index contributed by atoms with van der Waals surface area (Å²) in [6.45, 7) is 6.45. The molecule has 0 spiro atoms. The van der Waals surface area contributed by atoms with Gasteiger partial charge >= 0.3 is 0 Å². The van der Waals surface area contributed by atoms with Gasteiger partial charge in [0.15, 0.2) is 0 Å². The first-order valence-corrected chi connectivity index (χ1v) is 8.50. The van der Waals surface area contributed by atoms with Gasteiger partial charge in [-0.3, -0.25) is 4.79 Å². The predicted molar refractivity (Wildman–Crippen MR) is 67.4 cm³/mol. The Kier molecular flexibility index (Phi) is 4.03. The average Bonchev–Trinajstić information content (AvgIpc) is 2.17. The van der Waals surface area contributed by atoms with Crippen molar-refractivity contribution in [2.75, 3.05) is 0 Å². The highest BCUT2D eigenvalue weighted by atomic mass is 28.3. The summed E-state index contributed by atoms with van der Waals surface area (Å²) < 4.78 is 0. The van der Waals surface area contributed by atoms with Crippen molar-refractivity contribution in [2.24, 2.45) is 0 Å². The zero-order valence-electron chi connectivity index (χ0n) is 9.66. The lowest BCUT2D eigenvalue weighted by molar-refractivity contribution is -0.104. The Labute approximate surface area is 92.8 Å². The van der Waals surface area contributed by atoms with E-state index >= 15 is 0 Å². The summed E-state index contributed by atoms with van der Waals surface area (Å²) in [5.74, 6) is 0. The predicted octanol–water partition coefficient (Wildman–Crippen LogP) is 3.16. The molecule has 0 N–H and O–H groups in total. The Morgan fingerprint density at radius 3 is 2.40 bits per heavy atom. The molecule has 0 unspecified atom stereocenters. The lowest BCUT2D eigenvalue weighted by atomic mass is 10.2. The van der Waals surface area contributed by atoms with Crippen LogP contribution in [0.4, 0.5) is 0 Å². The molecule has 0 fully saturated rings. The zero-order chi connectivity index (χ0) is 11.3. The number of hydrogen-bond acceptors (Lipinski definition) is 1. The van der Waals surface area contributed by atoms with E-state index in [2.05, 4.69) is 43.1 Å². The van der Waals surface area contributed by atoms with Crippen LogP contribution in [0.1, 0.15) is 12.5 Å². The molecule has 0 bridgehead atoms. The fourth-order valence-corrected chi connectivity index (χ4v) is 4.51. The Bertz CT molecular complexity index is 352. The molecule has 0 aliphatic rings. The maximum atomic E-state index is 10.6. The second-order valence-corrected chi connectivity index (χ2v) is 9.28. The van der Waals surface area contributed by atoms with Gasteiger partial charge in [-0.2, -0.15) is 0 Å². The van der Waals surface area contributed by atoms with Crippen LogP contribution in [-0.2, 0) is 10.8 Å². The maximum absolute atomic E-state index is 10.6. The lowest BCUT2D eigenvalue weighted by Crippen LogP contribution is -2.27. The number of benzene rings is 1. The van der Waals surface area contributed by atoms with Gasteiger partial charge in [-0.25, -0.2) is 0 Å². The van der Waals surface area contributed by atoms with Crippen LogP contribution in [0.3, 0.4) is 0 Å². The lowest BCUT2D eigenvalue weighted by Gasteiger charge is -2.18. The van der Waals surface area contributed by atoms with E-state index in [1.165, 1.54) is 5.56 Å². The molecule has 0 amide bonds. The maximum Gasteiger partial charge on any atom is 0.145 e. The number of aldehydes is 1. The van der Waals surface area contributed by atoms with Crippen LogP contribution in [0.25, 0.3) is 0 Å². The third-order valence-corrected chi connectivity index (χ3v) is 4.86. The normalized spacial score (nSPS) is 12.6. The van der Waals surface area contributed by atoms with Crippen molar-refractivity contribution in [3.05, 3.63) is 47.2 Å². The molecule has 0 radical (unpaired) electrons. The monoisotopic (exact) mass is 218 g/mol. The molecule has 0 saturated heterocycles. The smallest absolute Gasteiger partial charge is 0.145 e. The van der Waals surface area contributed by atoms with Gasteiger partial charge in [-0.1, -0.05) is 54.7 Å². The molecule has 0 atom stereocenters. The van der Waals surface area contributed by atoms with Crippen molar-refractivity contribution in [1.82, 2.24) is 0 Å². The molecule has 2 heteroatoms. The third kappa shape index (κ3) is 4.26. The van der Waals surface area contributed by atoms with E-state index in [1.54, 1.807) is 0 Å². The number of carbonyl (C=O) groups is 1. The van der Waals surface area contributed by atoms with Gasteiger partial charge in [0.2, 0.25) is 0 Å². The van der Waals surface area contributed by atoms with E-state index in [1.807, 2.05) is 13.0 Å². The molecule has 0 heterocycles. The number of carbonyl (C=O) groups excluding carboxylic acids is 1. The molecule has 1 aromatic carbocycles. The number of allylic oxidation sites excluding steroid dienone is 1. The molecular weight excluding hydrogens is 200 g/mol. The molecule has 0 saturated carbocycles. The van der Waals surface area contributed by atoms with Crippen molar-refractivity contribution >= 4 is 14.4 Å². The van der Waals surface area contributed by atoms with Crippen LogP contribution >= 0.6 is 0 Å². The van der Waals surface area contributed by atoms with E-state index in [9.17, 15) is 4.79 Å². The molecule has 1 aromatic rings. The minimum Gasteiger partial charge on any atom is -0.298 e. The van der Waals surface area contributed by atoms with Gasteiger partial charge in [0.25, 0.3) is 0 Å². The number of hydrogen-bond donors (Lipinski definition) is 0. The first-order valence-electron chi connectivity index (χ1n) is 5.22. The van der Waals surface area contributed by atoms with Gasteiger partial charge in [0.1, 0.15) is 6.29 Å². The topological polar surface area (TPSA) is 17.1 Å². The summed E-state index contributed by atoms with van der Waals surface area (Å²) in [6.07, 6.45) is 0.944. The molecule has 0 aromatic heterocycles. The first-order chi connectivity index (χ1) is 7.03. The van der Waals surface area contributed by atoms with Gasteiger partial charge in [-0.15, -0.1) is 0 Å².